The lowest BCUT2D eigenvalue weighted by Gasteiger charge is -2.33. The van der Waals surface area contributed by atoms with Crippen LogP contribution < -0.4 is 14.8 Å². The van der Waals surface area contributed by atoms with Crippen molar-refractivity contribution in [2.24, 2.45) is 0 Å². The molecule has 0 saturated carbocycles. The summed E-state index contributed by atoms with van der Waals surface area (Å²) in [5.41, 5.74) is 1.70. The van der Waals surface area contributed by atoms with Gasteiger partial charge in [-0.15, -0.1) is 0 Å². The van der Waals surface area contributed by atoms with Gasteiger partial charge in [-0.2, -0.15) is 0 Å². The van der Waals surface area contributed by atoms with Crippen LogP contribution in [0.3, 0.4) is 0 Å². The van der Waals surface area contributed by atoms with E-state index < -0.39 is 12.0 Å². The molecule has 0 radical (unpaired) electrons. The van der Waals surface area contributed by atoms with Gasteiger partial charge in [-0.3, -0.25) is 0 Å². The highest BCUT2D eigenvalue weighted by atomic mass is 16.7. The third kappa shape index (κ3) is 2.77. The first-order valence-corrected chi connectivity index (χ1v) is 7.74. The number of nitrogens with one attached hydrogen (secondary N) is 1. The van der Waals surface area contributed by atoms with E-state index in [0.29, 0.717) is 22.8 Å². The Hall–Kier alpha value is -2.70. The van der Waals surface area contributed by atoms with Gasteiger partial charge in [-0.1, -0.05) is 6.07 Å². The highest BCUT2D eigenvalue weighted by molar-refractivity contribution is 5.95. The topological polar surface area (TPSA) is 77.1 Å². The van der Waals surface area contributed by atoms with Gasteiger partial charge in [-0.25, -0.2) is 9.59 Å². The molecule has 2 amide bonds. The van der Waals surface area contributed by atoms with Crippen LogP contribution in [0.1, 0.15) is 32.4 Å². The van der Waals surface area contributed by atoms with Crippen molar-refractivity contribution in [2.45, 2.75) is 32.9 Å². The lowest BCUT2D eigenvalue weighted by molar-refractivity contribution is -0.143. The normalized spacial score (nSPS) is 19.6. The minimum atomic E-state index is -0.602. The standard InChI is InChI=1S/C17H20N2O5/c1-9(2)24-16(20)14-10(3)19(4)17(21)18-15(14)11-5-6-12-13(7-11)23-8-22-12/h5-7,9,15H,8H2,1-4H3,(H,18,21)/t15-/m1/s1. The largest absolute Gasteiger partial charge is 0.459 e. The molecule has 0 fully saturated rings. The molecule has 1 aromatic rings. The van der Waals surface area contributed by atoms with Crippen LogP contribution in [-0.4, -0.2) is 36.8 Å². The Morgan fingerprint density at radius 1 is 1.33 bits per heavy atom. The summed E-state index contributed by atoms with van der Waals surface area (Å²) in [7, 11) is 1.61. The van der Waals surface area contributed by atoms with E-state index in [1.807, 2.05) is 0 Å². The molecule has 128 valence electrons. The van der Waals surface area contributed by atoms with E-state index in [-0.39, 0.29) is 18.9 Å². The highest BCUT2D eigenvalue weighted by Crippen LogP contribution is 2.37. The maximum Gasteiger partial charge on any atom is 0.338 e. The molecule has 1 N–H and O–H groups in total. The number of urea groups is 1. The van der Waals surface area contributed by atoms with Crippen LogP contribution in [0.25, 0.3) is 0 Å². The van der Waals surface area contributed by atoms with Gasteiger partial charge in [0.2, 0.25) is 6.79 Å². The smallest absolute Gasteiger partial charge is 0.338 e. The van der Waals surface area contributed by atoms with Gasteiger partial charge < -0.3 is 24.4 Å². The average molecular weight is 332 g/mol. The van der Waals surface area contributed by atoms with Gasteiger partial charge in [0.15, 0.2) is 11.5 Å². The monoisotopic (exact) mass is 332 g/mol. The summed E-state index contributed by atoms with van der Waals surface area (Å²) in [5.74, 6) is 0.789. The predicted molar refractivity (Wildman–Crippen MR) is 85.5 cm³/mol. The Kier molecular flexibility index (Phi) is 4.09. The number of nitrogens with zero attached hydrogens (tertiary/aromatic N) is 1. The van der Waals surface area contributed by atoms with Gasteiger partial charge in [0, 0.05) is 12.7 Å². The van der Waals surface area contributed by atoms with Crippen LogP contribution in [0.4, 0.5) is 4.79 Å². The fourth-order valence-corrected chi connectivity index (χ4v) is 2.72. The zero-order chi connectivity index (χ0) is 17.4. The van der Waals surface area contributed by atoms with Crippen molar-refractivity contribution in [2.75, 3.05) is 13.8 Å². The molecule has 2 aliphatic heterocycles. The van der Waals surface area contributed by atoms with Gasteiger partial charge in [0.05, 0.1) is 17.7 Å². The first kappa shape index (κ1) is 16.2. The van der Waals surface area contributed by atoms with Crippen molar-refractivity contribution in [3.05, 3.63) is 35.0 Å². The molecular weight excluding hydrogens is 312 g/mol. The molecule has 0 aliphatic carbocycles. The van der Waals surface area contributed by atoms with Gasteiger partial charge in [0.25, 0.3) is 0 Å². The zero-order valence-electron chi connectivity index (χ0n) is 14.1. The number of hydrogen-bond donors (Lipinski definition) is 1. The summed E-state index contributed by atoms with van der Waals surface area (Å²) in [6, 6.07) is 4.46. The molecule has 7 heteroatoms. The SMILES string of the molecule is CC1=C(C(=O)OC(C)C)[C@@H](c2ccc3c(c2)OCO3)NC(=O)N1C. The summed E-state index contributed by atoms with van der Waals surface area (Å²) < 4.78 is 16.1. The first-order valence-electron chi connectivity index (χ1n) is 7.74. The number of carbonyl (C=O) groups is 2. The second-order valence-corrected chi connectivity index (χ2v) is 6.01. The number of fused-ring (bicyclic) bond motifs is 1. The molecule has 24 heavy (non-hydrogen) atoms. The Bertz CT molecular complexity index is 726. The van der Waals surface area contributed by atoms with Crippen molar-refractivity contribution >= 4 is 12.0 Å². The summed E-state index contributed by atoms with van der Waals surface area (Å²) in [6.07, 6.45) is -0.252. The van der Waals surface area contributed by atoms with Crippen molar-refractivity contribution in [3.8, 4) is 11.5 Å². The summed E-state index contributed by atoms with van der Waals surface area (Å²) in [5, 5.41) is 2.84. The Balaban J connectivity index is 2.03. The van der Waals surface area contributed by atoms with Crippen LogP contribution in [0.2, 0.25) is 0 Å². The summed E-state index contributed by atoms with van der Waals surface area (Å²) >= 11 is 0. The summed E-state index contributed by atoms with van der Waals surface area (Å²) in [6.45, 7) is 5.47. The van der Waals surface area contributed by atoms with Crippen molar-refractivity contribution in [1.29, 1.82) is 0 Å². The fourth-order valence-electron chi connectivity index (χ4n) is 2.72. The number of benzene rings is 1. The number of amides is 2. The number of rotatable bonds is 3. The van der Waals surface area contributed by atoms with E-state index in [1.165, 1.54) is 4.90 Å². The molecule has 3 rings (SSSR count). The molecule has 2 heterocycles. The van der Waals surface area contributed by atoms with E-state index in [1.54, 1.807) is 46.0 Å². The number of ether oxygens (including phenoxy) is 3. The minimum Gasteiger partial charge on any atom is -0.459 e. The summed E-state index contributed by atoms with van der Waals surface area (Å²) in [4.78, 5) is 26.2. The number of esters is 1. The Labute approximate surface area is 140 Å². The van der Waals surface area contributed by atoms with E-state index in [4.69, 9.17) is 14.2 Å². The molecule has 0 spiro atoms. The van der Waals surface area contributed by atoms with Crippen molar-refractivity contribution in [3.63, 3.8) is 0 Å². The van der Waals surface area contributed by atoms with Crippen LogP contribution in [0.5, 0.6) is 11.5 Å². The van der Waals surface area contributed by atoms with E-state index in [0.717, 1.165) is 5.56 Å². The highest BCUT2D eigenvalue weighted by Gasteiger charge is 2.36. The maximum absolute atomic E-state index is 12.6. The molecular formula is C17H20N2O5. The van der Waals surface area contributed by atoms with E-state index >= 15 is 0 Å². The first-order chi connectivity index (χ1) is 11.4. The number of carbonyl (C=O) groups excluding carboxylic acids is 2. The molecule has 1 atom stereocenters. The van der Waals surface area contributed by atoms with Crippen LogP contribution in [0, 0.1) is 0 Å². The quantitative estimate of drug-likeness (QED) is 0.860. The maximum atomic E-state index is 12.6. The van der Waals surface area contributed by atoms with Crippen molar-refractivity contribution < 1.29 is 23.8 Å². The molecule has 0 saturated heterocycles. The van der Waals surface area contributed by atoms with Crippen LogP contribution >= 0.6 is 0 Å². The van der Waals surface area contributed by atoms with Gasteiger partial charge in [-0.05, 0) is 38.5 Å². The number of allylic oxidation sites excluding steroid dienone is 1. The van der Waals surface area contributed by atoms with E-state index in [9.17, 15) is 9.59 Å². The van der Waals surface area contributed by atoms with Gasteiger partial charge >= 0.3 is 12.0 Å². The zero-order valence-corrected chi connectivity index (χ0v) is 14.1. The lowest BCUT2D eigenvalue weighted by Crippen LogP contribution is -2.46. The molecule has 7 nitrogen and oxygen atoms in total. The third-order valence-corrected chi connectivity index (χ3v) is 4.05. The molecule has 1 aromatic carbocycles. The molecule has 0 unspecified atom stereocenters. The fraction of sp³-hybridized carbons (Fsp3) is 0.412. The minimum absolute atomic E-state index is 0.162. The van der Waals surface area contributed by atoms with Crippen LogP contribution in [0.15, 0.2) is 29.5 Å². The average Bonchev–Trinajstić information content (AvgIpc) is 2.98. The van der Waals surface area contributed by atoms with Crippen molar-refractivity contribution in [1.82, 2.24) is 10.2 Å². The Morgan fingerprint density at radius 2 is 2.04 bits per heavy atom. The molecule has 2 aliphatic rings. The lowest BCUT2D eigenvalue weighted by atomic mass is 9.94. The molecule has 0 bridgehead atoms. The van der Waals surface area contributed by atoms with Crippen LogP contribution in [-0.2, 0) is 9.53 Å². The molecule has 0 aromatic heterocycles. The second-order valence-electron chi connectivity index (χ2n) is 6.01. The van der Waals surface area contributed by atoms with E-state index in [2.05, 4.69) is 5.32 Å². The predicted octanol–water partition coefficient (Wildman–Crippen LogP) is 2.34. The third-order valence-electron chi connectivity index (χ3n) is 4.05. The van der Waals surface area contributed by atoms with Gasteiger partial charge in [0.1, 0.15) is 0 Å². The Morgan fingerprint density at radius 3 is 2.75 bits per heavy atom. The number of hydrogen-bond acceptors (Lipinski definition) is 5. The second kappa shape index (κ2) is 6.07.